The van der Waals surface area contributed by atoms with Crippen molar-refractivity contribution in [1.82, 2.24) is 0 Å². The maximum atomic E-state index is 13.0. The van der Waals surface area contributed by atoms with Crippen LogP contribution in [0.3, 0.4) is 0 Å². The monoisotopic (exact) mass is 1280 g/mol. The zero-order valence-corrected chi connectivity index (χ0v) is 57.7. The van der Waals surface area contributed by atoms with Gasteiger partial charge in [-0.3, -0.25) is 37.3 Å². The molecule has 0 bridgehead atoms. The molecule has 3 unspecified atom stereocenters. The average Bonchev–Trinajstić information content (AvgIpc) is 3.70. The molecule has 0 aliphatic heterocycles. The van der Waals surface area contributed by atoms with E-state index in [9.17, 15) is 43.2 Å². The Hall–Kier alpha value is -2.46. The van der Waals surface area contributed by atoms with E-state index in [2.05, 4.69) is 72.8 Å². The van der Waals surface area contributed by atoms with E-state index in [-0.39, 0.29) is 25.7 Å². The smallest absolute Gasteiger partial charge is 0.462 e. The molecule has 0 saturated carbocycles. The summed E-state index contributed by atoms with van der Waals surface area (Å²) < 4.78 is 68.1. The Kier molecular flexibility index (Phi) is 57.0. The zero-order chi connectivity index (χ0) is 64.5. The fourth-order valence-corrected chi connectivity index (χ4v) is 11.2. The number of hydrogen-bond donors (Lipinski definition) is 3. The van der Waals surface area contributed by atoms with E-state index in [4.69, 9.17) is 37.0 Å². The molecule has 0 aliphatic rings. The summed E-state index contributed by atoms with van der Waals surface area (Å²) in [5.41, 5.74) is 0. The van der Waals surface area contributed by atoms with Crippen LogP contribution < -0.4 is 0 Å². The van der Waals surface area contributed by atoms with Crippen molar-refractivity contribution in [3.8, 4) is 0 Å². The van der Waals surface area contributed by atoms with Crippen molar-refractivity contribution in [3.05, 3.63) is 24.3 Å². The minimum Gasteiger partial charge on any atom is -0.462 e. The van der Waals surface area contributed by atoms with Crippen LogP contribution in [0, 0.1) is 17.8 Å². The Morgan fingerprint density at radius 1 is 0.379 bits per heavy atom. The number of aliphatic hydroxyl groups excluding tert-OH is 1. The number of phosphoric ester groups is 2. The summed E-state index contributed by atoms with van der Waals surface area (Å²) in [6.07, 6.45) is 44.1. The molecule has 0 heterocycles. The molecule has 0 rings (SSSR count). The van der Waals surface area contributed by atoms with Crippen molar-refractivity contribution < 1.29 is 80.2 Å². The number of rotatable bonds is 64. The SMILES string of the molecule is CCCCCC/C=C\C=C/CCCCCCCC(=O)O[C@H](COC(=O)CCCCCCCCC(C)C)COP(=O)(O)OC[C@@H](O)COP(=O)(O)OC[C@@H](COC(=O)CCCCCCCCC(C)CC)OC(=O)CCCCCCCCCCCCC(C)C. The second kappa shape index (κ2) is 58.6. The molecule has 0 aromatic rings. The molecule has 17 nitrogen and oxygen atoms in total. The lowest BCUT2D eigenvalue weighted by Crippen LogP contribution is -2.30. The summed E-state index contributed by atoms with van der Waals surface area (Å²) in [6.45, 7) is 11.6. The van der Waals surface area contributed by atoms with Gasteiger partial charge in [-0.05, 0) is 69.1 Å². The molecule has 0 aromatic heterocycles. The average molecular weight is 1280 g/mol. The summed E-state index contributed by atoms with van der Waals surface area (Å²) >= 11 is 0. The van der Waals surface area contributed by atoms with E-state index in [1.54, 1.807) is 0 Å². The lowest BCUT2D eigenvalue weighted by Gasteiger charge is -2.21. The number of hydrogen-bond acceptors (Lipinski definition) is 15. The van der Waals surface area contributed by atoms with Gasteiger partial charge < -0.3 is 33.8 Å². The molecule has 0 saturated heterocycles. The van der Waals surface area contributed by atoms with Gasteiger partial charge in [0.2, 0.25) is 0 Å². The van der Waals surface area contributed by atoms with Crippen LogP contribution >= 0.6 is 15.6 Å². The van der Waals surface area contributed by atoms with Crippen LogP contribution in [0.1, 0.15) is 312 Å². The lowest BCUT2D eigenvalue weighted by atomic mass is 10.00. The van der Waals surface area contributed by atoms with Gasteiger partial charge in [0, 0.05) is 25.7 Å². The standard InChI is InChI=1S/C68H128O17P2/c1-8-10-11-12-13-14-15-16-17-18-19-23-26-37-44-51-67(72)84-63(55-78-65(70)49-42-35-30-28-33-40-47-60(5)6)57-82-86(74,75)80-53-62(69)54-81-87(76,77)83-58-64(56-79-66(71)50-43-36-31-29-34-41-48-61(7)9-2)85-68(73)52-45-38-27-24-21-20-22-25-32-39-46-59(3)4/h14-17,59-64,69H,8-13,18-58H2,1-7H3,(H,74,75)(H,76,77)/b15-14-,17-16-/t61?,62-,63-,64-/m1/s1. The van der Waals surface area contributed by atoms with Gasteiger partial charge in [-0.2, -0.15) is 0 Å². The number of aliphatic hydroxyl groups is 1. The van der Waals surface area contributed by atoms with Gasteiger partial charge in [-0.1, -0.05) is 259 Å². The minimum absolute atomic E-state index is 0.0833. The molecule has 0 aliphatic carbocycles. The number of carbonyl (C=O) groups excluding carboxylic acids is 4. The van der Waals surface area contributed by atoms with E-state index in [1.807, 2.05) is 0 Å². The third-order valence-corrected chi connectivity index (χ3v) is 17.3. The zero-order valence-electron chi connectivity index (χ0n) is 56.0. The predicted molar refractivity (Wildman–Crippen MR) is 349 cm³/mol. The largest absolute Gasteiger partial charge is 0.472 e. The lowest BCUT2D eigenvalue weighted by molar-refractivity contribution is -0.161. The third-order valence-electron chi connectivity index (χ3n) is 15.4. The van der Waals surface area contributed by atoms with Gasteiger partial charge in [0.1, 0.15) is 19.3 Å². The topological polar surface area (TPSA) is 237 Å². The van der Waals surface area contributed by atoms with E-state index in [1.165, 1.54) is 96.3 Å². The summed E-state index contributed by atoms with van der Waals surface area (Å²) in [5, 5.41) is 10.6. The van der Waals surface area contributed by atoms with Gasteiger partial charge in [0.05, 0.1) is 26.4 Å². The normalized spacial score (nSPS) is 14.8. The van der Waals surface area contributed by atoms with E-state index in [0.29, 0.717) is 31.6 Å². The maximum Gasteiger partial charge on any atom is 0.472 e. The number of phosphoric acid groups is 2. The molecule has 87 heavy (non-hydrogen) atoms. The molecule has 6 atom stereocenters. The van der Waals surface area contributed by atoms with Gasteiger partial charge in [-0.25, -0.2) is 9.13 Å². The van der Waals surface area contributed by atoms with Crippen LogP contribution in [0.15, 0.2) is 24.3 Å². The first kappa shape index (κ1) is 84.5. The maximum absolute atomic E-state index is 13.0. The molecule has 0 radical (unpaired) electrons. The number of unbranched alkanes of at least 4 members (excludes halogenated alkanes) is 28. The molecule has 512 valence electrons. The summed E-state index contributed by atoms with van der Waals surface area (Å²) in [7, 11) is -9.91. The highest BCUT2D eigenvalue weighted by Crippen LogP contribution is 2.45. The quantitative estimate of drug-likeness (QED) is 0.0169. The highest BCUT2D eigenvalue weighted by atomic mass is 31.2. The number of allylic oxidation sites excluding steroid dienone is 4. The molecule has 0 amide bonds. The predicted octanol–water partition coefficient (Wildman–Crippen LogP) is 18.6. The highest BCUT2D eigenvalue weighted by molar-refractivity contribution is 7.47. The molecule has 0 aromatic carbocycles. The third kappa shape index (κ3) is 60.9. The Labute approximate surface area is 529 Å². The van der Waals surface area contributed by atoms with E-state index in [0.717, 1.165) is 127 Å². The summed E-state index contributed by atoms with van der Waals surface area (Å²) in [4.78, 5) is 72.4. The minimum atomic E-state index is -4.96. The first-order chi connectivity index (χ1) is 41.8. The van der Waals surface area contributed by atoms with Gasteiger partial charge >= 0.3 is 39.5 Å². The molecule has 19 heteroatoms. The number of ether oxygens (including phenoxy) is 4. The first-order valence-electron chi connectivity index (χ1n) is 34.7. The molecular weight excluding hydrogens is 1150 g/mol. The van der Waals surface area contributed by atoms with Crippen molar-refractivity contribution in [1.29, 1.82) is 0 Å². The second-order valence-electron chi connectivity index (χ2n) is 25.1. The Balaban J connectivity index is 5.28. The van der Waals surface area contributed by atoms with Gasteiger partial charge in [0.25, 0.3) is 0 Å². The van der Waals surface area contributed by atoms with Crippen molar-refractivity contribution in [3.63, 3.8) is 0 Å². The van der Waals surface area contributed by atoms with Crippen LogP contribution in [0.2, 0.25) is 0 Å². The van der Waals surface area contributed by atoms with Crippen LogP contribution in [0.4, 0.5) is 0 Å². The summed E-state index contributed by atoms with van der Waals surface area (Å²) in [5.74, 6) is -0.00826. The van der Waals surface area contributed by atoms with Crippen LogP contribution in [0.25, 0.3) is 0 Å². The molecule has 0 fully saturated rings. The van der Waals surface area contributed by atoms with Crippen LogP contribution in [-0.4, -0.2) is 96.7 Å². The van der Waals surface area contributed by atoms with Crippen molar-refractivity contribution in [2.75, 3.05) is 39.6 Å². The first-order valence-corrected chi connectivity index (χ1v) is 37.7. The molecule has 0 spiro atoms. The Morgan fingerprint density at radius 3 is 1.02 bits per heavy atom. The van der Waals surface area contributed by atoms with Crippen molar-refractivity contribution in [2.24, 2.45) is 17.8 Å². The Bertz CT molecular complexity index is 1810. The van der Waals surface area contributed by atoms with Crippen LogP contribution in [-0.2, 0) is 65.4 Å². The van der Waals surface area contributed by atoms with Crippen LogP contribution in [0.5, 0.6) is 0 Å². The number of carbonyl (C=O) groups is 4. The van der Waals surface area contributed by atoms with Crippen molar-refractivity contribution in [2.45, 2.75) is 330 Å². The molecule has 3 N–H and O–H groups in total. The van der Waals surface area contributed by atoms with Gasteiger partial charge in [-0.15, -0.1) is 0 Å². The fourth-order valence-electron chi connectivity index (χ4n) is 9.61. The van der Waals surface area contributed by atoms with Gasteiger partial charge in [0.15, 0.2) is 12.2 Å². The number of esters is 4. The summed E-state index contributed by atoms with van der Waals surface area (Å²) in [6, 6.07) is 0. The van der Waals surface area contributed by atoms with E-state index >= 15 is 0 Å². The fraction of sp³-hybridized carbons (Fsp3) is 0.882. The second-order valence-corrected chi connectivity index (χ2v) is 28.0. The van der Waals surface area contributed by atoms with E-state index < -0.39 is 97.5 Å². The molecular formula is C68H128O17P2. The Morgan fingerprint density at radius 2 is 0.678 bits per heavy atom. The van der Waals surface area contributed by atoms with Crippen molar-refractivity contribution >= 4 is 39.5 Å². The highest BCUT2D eigenvalue weighted by Gasteiger charge is 2.30.